The number of carbonyl (C=O) groups is 1. The number of carboxylic acids is 1. The predicted octanol–water partition coefficient (Wildman–Crippen LogP) is 5.90. The lowest BCUT2D eigenvalue weighted by Gasteiger charge is -2.29. The molecule has 44 heavy (non-hydrogen) atoms. The van der Waals surface area contributed by atoms with Gasteiger partial charge in [-0.3, -0.25) is 4.98 Å². The van der Waals surface area contributed by atoms with Crippen molar-refractivity contribution in [3.8, 4) is 5.75 Å². The number of aryl methyl sites for hydroxylation is 1. The van der Waals surface area contributed by atoms with Crippen LogP contribution in [0.3, 0.4) is 0 Å². The highest BCUT2D eigenvalue weighted by Gasteiger charge is 2.41. The number of aliphatic carboxylic acids is 1. The van der Waals surface area contributed by atoms with Gasteiger partial charge in [0.15, 0.2) is 11.3 Å². The topological polar surface area (TPSA) is 110 Å². The Labute approximate surface area is 246 Å². The van der Waals surface area contributed by atoms with Crippen LogP contribution in [0.15, 0.2) is 85.5 Å². The molecule has 230 valence electrons. The van der Waals surface area contributed by atoms with Crippen molar-refractivity contribution in [3.05, 3.63) is 119 Å². The SMILES string of the molecule is COc1c(Cc2ccccc2)c(C(F)(F)F)nc2ccc(C(O)(c3ccccn3)c3cncn3C)cc12.O=C(O)C(F)(F)F. The second-order valence-corrected chi connectivity index (χ2v) is 9.48. The van der Waals surface area contributed by atoms with Crippen LogP contribution in [0.25, 0.3) is 10.9 Å². The van der Waals surface area contributed by atoms with Gasteiger partial charge < -0.3 is 19.5 Å². The molecular weight excluding hydrogens is 594 g/mol. The number of aliphatic hydroxyl groups is 1. The Morgan fingerprint density at radius 1 is 0.977 bits per heavy atom. The lowest BCUT2D eigenvalue weighted by atomic mass is 9.85. The Kier molecular flexibility index (Phi) is 8.95. The minimum atomic E-state index is -5.08. The number of carboxylic acid groups (broad SMARTS) is 1. The van der Waals surface area contributed by atoms with Crippen LogP contribution in [0, 0.1) is 0 Å². The molecule has 2 aromatic carbocycles. The summed E-state index contributed by atoms with van der Waals surface area (Å²) in [6.07, 6.45) is -5.15. The number of pyridine rings is 2. The van der Waals surface area contributed by atoms with Crippen LogP contribution in [0.1, 0.15) is 33.8 Å². The van der Waals surface area contributed by atoms with Gasteiger partial charge in [0.25, 0.3) is 0 Å². The third-order valence-corrected chi connectivity index (χ3v) is 6.61. The van der Waals surface area contributed by atoms with Crippen LogP contribution in [-0.2, 0) is 30.0 Å². The summed E-state index contributed by atoms with van der Waals surface area (Å²) in [7, 11) is 3.08. The van der Waals surface area contributed by atoms with Crippen LogP contribution in [-0.4, -0.2) is 49.0 Å². The van der Waals surface area contributed by atoms with Gasteiger partial charge >= 0.3 is 18.3 Å². The van der Waals surface area contributed by atoms with E-state index < -0.39 is 29.6 Å². The fourth-order valence-electron chi connectivity index (χ4n) is 4.64. The first-order valence-electron chi connectivity index (χ1n) is 12.7. The van der Waals surface area contributed by atoms with Crippen molar-refractivity contribution in [1.29, 1.82) is 0 Å². The molecule has 0 aliphatic rings. The summed E-state index contributed by atoms with van der Waals surface area (Å²) in [5.41, 5.74) is -0.883. The largest absolute Gasteiger partial charge is 0.496 e. The molecular formula is C30H24F6N4O4. The van der Waals surface area contributed by atoms with E-state index in [2.05, 4.69) is 15.0 Å². The zero-order valence-electron chi connectivity index (χ0n) is 23.1. The second kappa shape index (κ2) is 12.3. The van der Waals surface area contributed by atoms with E-state index >= 15 is 0 Å². The molecule has 8 nitrogen and oxygen atoms in total. The fourth-order valence-corrected chi connectivity index (χ4v) is 4.64. The van der Waals surface area contributed by atoms with E-state index in [1.54, 1.807) is 84.8 Å². The van der Waals surface area contributed by atoms with Gasteiger partial charge in [-0.15, -0.1) is 0 Å². The van der Waals surface area contributed by atoms with E-state index in [0.29, 0.717) is 27.9 Å². The summed E-state index contributed by atoms with van der Waals surface area (Å²) in [4.78, 5) is 21.4. The van der Waals surface area contributed by atoms with Gasteiger partial charge in [-0.1, -0.05) is 42.5 Å². The predicted molar refractivity (Wildman–Crippen MR) is 146 cm³/mol. The van der Waals surface area contributed by atoms with Gasteiger partial charge in [-0.05, 0) is 35.4 Å². The van der Waals surface area contributed by atoms with Crippen molar-refractivity contribution in [2.24, 2.45) is 7.05 Å². The molecule has 2 N–H and O–H groups in total. The maximum Gasteiger partial charge on any atom is 0.490 e. The number of imidazole rings is 1. The number of aromatic nitrogens is 4. The number of ether oxygens (including phenoxy) is 1. The number of hydrogen-bond acceptors (Lipinski definition) is 6. The minimum absolute atomic E-state index is 0.0295. The fraction of sp³-hybridized carbons (Fsp3) is 0.200. The Hall–Kier alpha value is -4.98. The zero-order valence-corrected chi connectivity index (χ0v) is 23.1. The van der Waals surface area contributed by atoms with E-state index in [-0.39, 0.29) is 23.3 Å². The van der Waals surface area contributed by atoms with Crippen molar-refractivity contribution in [2.45, 2.75) is 24.4 Å². The van der Waals surface area contributed by atoms with E-state index in [0.717, 1.165) is 0 Å². The molecule has 3 aromatic heterocycles. The zero-order chi connectivity index (χ0) is 32.3. The summed E-state index contributed by atoms with van der Waals surface area (Å²) < 4.78 is 81.4. The normalized spacial score (nSPS) is 13.1. The summed E-state index contributed by atoms with van der Waals surface area (Å²) in [5, 5.41) is 19.6. The number of benzene rings is 2. The molecule has 0 bridgehead atoms. The van der Waals surface area contributed by atoms with Crippen molar-refractivity contribution in [1.82, 2.24) is 19.5 Å². The maximum absolute atomic E-state index is 14.1. The highest BCUT2D eigenvalue weighted by molar-refractivity contribution is 5.88. The maximum atomic E-state index is 14.1. The van der Waals surface area contributed by atoms with Gasteiger partial charge in [0, 0.05) is 30.6 Å². The van der Waals surface area contributed by atoms with Crippen molar-refractivity contribution in [2.75, 3.05) is 7.11 Å². The molecule has 3 heterocycles. The van der Waals surface area contributed by atoms with Gasteiger partial charge in [0.2, 0.25) is 0 Å². The molecule has 0 amide bonds. The van der Waals surface area contributed by atoms with Crippen LogP contribution in [0.4, 0.5) is 26.3 Å². The average molecular weight is 619 g/mol. The monoisotopic (exact) mass is 618 g/mol. The van der Waals surface area contributed by atoms with Gasteiger partial charge in [-0.2, -0.15) is 26.3 Å². The number of methoxy groups -OCH3 is 1. The van der Waals surface area contributed by atoms with Crippen molar-refractivity contribution < 1.29 is 46.1 Å². The number of hydrogen-bond donors (Lipinski definition) is 2. The Bertz CT molecular complexity index is 1760. The highest BCUT2D eigenvalue weighted by atomic mass is 19.4. The molecule has 5 aromatic rings. The lowest BCUT2D eigenvalue weighted by Crippen LogP contribution is -2.32. The van der Waals surface area contributed by atoms with Crippen molar-refractivity contribution >= 4 is 16.9 Å². The third-order valence-electron chi connectivity index (χ3n) is 6.61. The third kappa shape index (κ3) is 6.49. The van der Waals surface area contributed by atoms with Gasteiger partial charge in [-0.25, -0.2) is 14.8 Å². The standard InChI is InChI=1S/C28H23F3N4O2.C2HF3O2/c1-35-17-32-16-24(35)27(36,23-10-6-7-13-33-23)19-11-12-22-20(15-19)25(37-2)21(26(34-22)28(29,30)31)14-18-8-4-3-5-9-18;3-2(4,5)1(6)7/h3-13,15-17,36H,14H2,1-2H3;(H,6,7). The van der Waals surface area contributed by atoms with E-state index in [1.807, 2.05) is 0 Å². The first-order chi connectivity index (χ1) is 20.7. The first-order valence-corrected chi connectivity index (χ1v) is 12.7. The quantitative estimate of drug-likeness (QED) is 0.228. The smallest absolute Gasteiger partial charge is 0.490 e. The van der Waals surface area contributed by atoms with E-state index in [4.69, 9.17) is 14.6 Å². The average Bonchev–Trinajstić information content (AvgIpc) is 3.42. The van der Waals surface area contributed by atoms with Crippen LogP contribution >= 0.6 is 0 Å². The van der Waals surface area contributed by atoms with E-state index in [1.165, 1.54) is 19.4 Å². The second-order valence-electron chi connectivity index (χ2n) is 9.48. The summed E-state index contributed by atoms with van der Waals surface area (Å²) in [6, 6.07) is 18.6. The Morgan fingerprint density at radius 2 is 1.64 bits per heavy atom. The highest BCUT2D eigenvalue weighted by Crippen LogP contribution is 2.42. The number of alkyl halides is 6. The lowest BCUT2D eigenvalue weighted by molar-refractivity contribution is -0.192. The number of rotatable bonds is 6. The molecule has 1 atom stereocenters. The summed E-state index contributed by atoms with van der Waals surface area (Å²) >= 11 is 0. The minimum Gasteiger partial charge on any atom is -0.496 e. The number of nitrogens with zero attached hydrogens (tertiary/aromatic N) is 4. The molecule has 0 aliphatic carbocycles. The van der Waals surface area contributed by atoms with Crippen LogP contribution in [0.2, 0.25) is 0 Å². The molecule has 0 radical (unpaired) electrons. The van der Waals surface area contributed by atoms with E-state index in [9.17, 15) is 31.4 Å². The number of halogens is 6. The molecule has 14 heteroatoms. The van der Waals surface area contributed by atoms with Gasteiger partial charge in [0.1, 0.15) is 5.75 Å². The molecule has 0 fully saturated rings. The summed E-state index contributed by atoms with van der Waals surface area (Å²) in [6.45, 7) is 0. The van der Waals surface area contributed by atoms with Crippen molar-refractivity contribution in [3.63, 3.8) is 0 Å². The number of fused-ring (bicyclic) bond motifs is 1. The van der Waals surface area contributed by atoms with Crippen LogP contribution in [0.5, 0.6) is 5.75 Å². The Balaban J connectivity index is 0.000000566. The molecule has 0 saturated carbocycles. The Morgan fingerprint density at radius 3 is 2.16 bits per heavy atom. The molecule has 1 unspecified atom stereocenters. The molecule has 0 saturated heterocycles. The first kappa shape index (κ1) is 31.9. The van der Waals surface area contributed by atoms with Gasteiger partial charge in [0.05, 0.1) is 36.5 Å². The van der Waals surface area contributed by atoms with Crippen LogP contribution < -0.4 is 4.74 Å². The summed E-state index contributed by atoms with van der Waals surface area (Å²) in [5.74, 6) is -2.70. The molecule has 0 spiro atoms. The molecule has 0 aliphatic heterocycles. The molecule has 5 rings (SSSR count).